The van der Waals surface area contributed by atoms with Crippen LogP contribution in [0.1, 0.15) is 48.9 Å². The van der Waals surface area contributed by atoms with Gasteiger partial charge in [0.2, 0.25) is 5.91 Å². The molecule has 1 spiro atoms. The van der Waals surface area contributed by atoms with Gasteiger partial charge in [0.1, 0.15) is 11.9 Å². The molecule has 4 heterocycles. The van der Waals surface area contributed by atoms with Crippen LogP contribution in [0.2, 0.25) is 0 Å². The summed E-state index contributed by atoms with van der Waals surface area (Å²) in [5.74, 6) is 0.689. The normalized spacial score (nSPS) is 26.0. The van der Waals surface area contributed by atoms with Crippen LogP contribution in [0.4, 0.5) is 0 Å². The van der Waals surface area contributed by atoms with E-state index in [9.17, 15) is 9.59 Å². The van der Waals surface area contributed by atoms with Crippen molar-refractivity contribution in [2.24, 2.45) is 5.41 Å². The Morgan fingerprint density at radius 1 is 1.26 bits per heavy atom. The highest BCUT2D eigenvalue weighted by Crippen LogP contribution is 2.42. The summed E-state index contributed by atoms with van der Waals surface area (Å²) in [5, 5.41) is 17.9. The number of rotatable bonds is 3. The lowest BCUT2D eigenvalue weighted by atomic mass is 9.73. The third-order valence-corrected chi connectivity index (χ3v) is 6.06. The molecule has 3 fully saturated rings. The molecule has 1 saturated carbocycles. The predicted molar refractivity (Wildman–Crippen MR) is 92.8 cm³/mol. The van der Waals surface area contributed by atoms with Gasteiger partial charge in [-0.05, 0) is 42.5 Å². The van der Waals surface area contributed by atoms with Crippen LogP contribution in [0.25, 0.3) is 5.82 Å². The number of carbonyl (C=O) groups is 2. The lowest BCUT2D eigenvalue weighted by Gasteiger charge is -2.48. The minimum absolute atomic E-state index is 0.0170. The number of likely N-dealkylation sites (tertiary alicyclic amines) is 2. The number of hydrogen-bond donors (Lipinski definition) is 1. The molecular formula is C17H22N8O2. The Morgan fingerprint density at radius 2 is 2.15 bits per heavy atom. The van der Waals surface area contributed by atoms with Crippen LogP contribution in [0.5, 0.6) is 0 Å². The van der Waals surface area contributed by atoms with E-state index in [2.05, 4.69) is 30.6 Å². The van der Waals surface area contributed by atoms with Crippen molar-refractivity contribution in [3.63, 3.8) is 0 Å². The largest absolute Gasteiger partial charge is 0.339 e. The van der Waals surface area contributed by atoms with Gasteiger partial charge < -0.3 is 9.80 Å². The van der Waals surface area contributed by atoms with Crippen molar-refractivity contribution in [2.45, 2.75) is 44.6 Å². The zero-order chi connectivity index (χ0) is 18.4. The smallest absolute Gasteiger partial charge is 0.259 e. The average molecular weight is 370 g/mol. The van der Waals surface area contributed by atoms with Crippen molar-refractivity contribution in [1.82, 2.24) is 40.2 Å². The van der Waals surface area contributed by atoms with Crippen LogP contribution in [0.15, 0.2) is 12.5 Å². The van der Waals surface area contributed by atoms with Crippen LogP contribution >= 0.6 is 0 Å². The van der Waals surface area contributed by atoms with Gasteiger partial charge in [0.05, 0.1) is 6.20 Å². The molecule has 142 valence electrons. The summed E-state index contributed by atoms with van der Waals surface area (Å²) < 4.78 is 1.41. The molecule has 2 aromatic rings. The van der Waals surface area contributed by atoms with Crippen molar-refractivity contribution in [2.75, 3.05) is 19.6 Å². The Morgan fingerprint density at radius 3 is 2.93 bits per heavy atom. The second kappa shape index (κ2) is 6.14. The molecule has 2 aliphatic heterocycles. The summed E-state index contributed by atoms with van der Waals surface area (Å²) in [5.41, 5.74) is 0.480. The van der Waals surface area contributed by atoms with E-state index in [1.54, 1.807) is 0 Å². The minimum Gasteiger partial charge on any atom is -0.339 e. The first-order chi connectivity index (χ1) is 13.2. The Balaban J connectivity index is 1.36. The first kappa shape index (κ1) is 16.4. The van der Waals surface area contributed by atoms with Crippen molar-refractivity contribution >= 4 is 11.8 Å². The molecule has 0 aromatic carbocycles. The van der Waals surface area contributed by atoms with Crippen molar-refractivity contribution in [3.05, 3.63) is 18.1 Å². The summed E-state index contributed by atoms with van der Waals surface area (Å²) in [7, 11) is 0. The molecule has 2 aromatic heterocycles. The summed E-state index contributed by atoms with van der Waals surface area (Å²) in [4.78, 5) is 29.5. The third-order valence-electron chi connectivity index (χ3n) is 6.06. The Kier molecular flexibility index (Phi) is 3.73. The second-order valence-corrected chi connectivity index (χ2v) is 7.97. The van der Waals surface area contributed by atoms with Crippen molar-refractivity contribution < 1.29 is 9.59 Å². The molecule has 0 bridgehead atoms. The number of aromatic nitrogens is 6. The van der Waals surface area contributed by atoms with Crippen LogP contribution in [-0.4, -0.2) is 77.7 Å². The van der Waals surface area contributed by atoms with Gasteiger partial charge in [-0.15, -0.1) is 5.10 Å². The maximum Gasteiger partial charge on any atom is 0.259 e. The van der Waals surface area contributed by atoms with Crippen LogP contribution in [0.3, 0.4) is 0 Å². The maximum absolute atomic E-state index is 13.2. The quantitative estimate of drug-likeness (QED) is 0.836. The Labute approximate surface area is 155 Å². The molecule has 1 N–H and O–H groups in total. The number of carbonyl (C=O) groups excluding carboxylic acids is 2. The van der Waals surface area contributed by atoms with Crippen LogP contribution in [0, 0.1) is 5.41 Å². The van der Waals surface area contributed by atoms with Crippen molar-refractivity contribution in [1.29, 1.82) is 0 Å². The number of hydrogen-bond acceptors (Lipinski definition) is 6. The van der Waals surface area contributed by atoms with Gasteiger partial charge in [-0.2, -0.15) is 9.78 Å². The standard InChI is InChI=1S/C17H22N8O2/c26-14-4-6-17(10-24(14)12-2-3-12)5-1-7-23(9-17)16(27)13-8-18-20-15(13)25-11-19-21-22-25/h8,11-12H,1-7,9-10H2,(H,18,20)/t17-/m0/s1. The minimum atomic E-state index is -0.0665. The summed E-state index contributed by atoms with van der Waals surface area (Å²) in [6, 6.07) is 0.432. The average Bonchev–Trinajstić information content (AvgIpc) is 3.17. The summed E-state index contributed by atoms with van der Waals surface area (Å²) in [6.07, 6.45) is 8.69. The third kappa shape index (κ3) is 2.88. The van der Waals surface area contributed by atoms with E-state index in [0.717, 1.165) is 45.2 Å². The fourth-order valence-electron chi connectivity index (χ4n) is 4.52. The monoisotopic (exact) mass is 370 g/mol. The second-order valence-electron chi connectivity index (χ2n) is 7.97. The number of nitrogens with zero attached hydrogens (tertiary/aromatic N) is 7. The van der Waals surface area contributed by atoms with Gasteiger partial charge in [-0.1, -0.05) is 0 Å². The highest BCUT2D eigenvalue weighted by atomic mass is 16.2. The van der Waals surface area contributed by atoms with E-state index < -0.39 is 0 Å². The first-order valence-corrected chi connectivity index (χ1v) is 9.51. The number of piperidine rings is 2. The number of aromatic amines is 1. The number of amides is 2. The Hall–Kier alpha value is -2.78. The Bertz CT molecular complexity index is 858. The lowest BCUT2D eigenvalue weighted by Crippen LogP contribution is -2.55. The molecule has 10 heteroatoms. The topological polar surface area (TPSA) is 113 Å². The SMILES string of the molecule is O=C(c1cn[nH]c1-n1cnnn1)N1CCC[C@]2(CCC(=O)N(C3CC3)C2)C1. The highest BCUT2D eigenvalue weighted by Gasteiger charge is 2.46. The summed E-state index contributed by atoms with van der Waals surface area (Å²) >= 11 is 0. The fraction of sp³-hybridized carbons (Fsp3) is 0.647. The van der Waals surface area contributed by atoms with Crippen molar-refractivity contribution in [3.8, 4) is 5.82 Å². The van der Waals surface area contributed by atoms with Gasteiger partial charge in [-0.3, -0.25) is 14.7 Å². The molecule has 2 saturated heterocycles. The molecule has 0 unspecified atom stereocenters. The van der Waals surface area contributed by atoms with E-state index in [0.29, 0.717) is 30.4 Å². The van der Waals surface area contributed by atoms with E-state index in [4.69, 9.17) is 0 Å². The number of tetrazole rings is 1. The van der Waals surface area contributed by atoms with Crippen LogP contribution < -0.4 is 0 Å². The van der Waals surface area contributed by atoms with E-state index in [1.165, 1.54) is 17.2 Å². The van der Waals surface area contributed by atoms with E-state index >= 15 is 0 Å². The molecule has 1 atom stereocenters. The van der Waals surface area contributed by atoms with Gasteiger partial charge in [0.15, 0.2) is 5.82 Å². The van der Waals surface area contributed by atoms with Gasteiger partial charge >= 0.3 is 0 Å². The molecular weight excluding hydrogens is 348 g/mol. The molecule has 27 heavy (non-hydrogen) atoms. The summed E-state index contributed by atoms with van der Waals surface area (Å²) in [6.45, 7) is 2.19. The lowest BCUT2D eigenvalue weighted by molar-refractivity contribution is -0.139. The van der Waals surface area contributed by atoms with Crippen LogP contribution in [-0.2, 0) is 4.79 Å². The van der Waals surface area contributed by atoms with Gasteiger partial charge in [-0.25, -0.2) is 0 Å². The number of nitrogens with one attached hydrogen (secondary N) is 1. The zero-order valence-corrected chi connectivity index (χ0v) is 15.0. The molecule has 3 aliphatic rings. The first-order valence-electron chi connectivity index (χ1n) is 9.51. The van der Waals surface area contributed by atoms with Gasteiger partial charge in [0, 0.05) is 37.5 Å². The fourth-order valence-corrected chi connectivity index (χ4v) is 4.52. The molecule has 2 amide bonds. The highest BCUT2D eigenvalue weighted by molar-refractivity contribution is 5.97. The molecule has 5 rings (SSSR count). The van der Waals surface area contributed by atoms with Gasteiger partial charge in [0.25, 0.3) is 5.91 Å². The molecule has 10 nitrogen and oxygen atoms in total. The molecule has 1 aliphatic carbocycles. The van der Waals surface area contributed by atoms with E-state index in [-0.39, 0.29) is 17.2 Å². The maximum atomic E-state index is 13.2. The van der Waals surface area contributed by atoms with E-state index in [1.807, 2.05) is 4.90 Å². The number of H-pyrrole nitrogens is 1. The predicted octanol–water partition coefficient (Wildman–Crippen LogP) is 0.393. The zero-order valence-electron chi connectivity index (χ0n) is 15.0. The molecule has 0 radical (unpaired) electrons.